The normalized spacial score (nSPS) is 19.7. The van der Waals surface area contributed by atoms with Gasteiger partial charge >= 0.3 is 5.97 Å². The summed E-state index contributed by atoms with van der Waals surface area (Å²) in [5, 5.41) is 0. The van der Waals surface area contributed by atoms with Gasteiger partial charge < -0.3 is 9.47 Å². The van der Waals surface area contributed by atoms with Gasteiger partial charge in [0, 0.05) is 19.3 Å². The largest absolute Gasteiger partial charge is 0.487 e. The van der Waals surface area contributed by atoms with E-state index in [-0.39, 0.29) is 17.7 Å². The standard InChI is InChI=1S/C14H21O3P/c1-10(2)12(9-16-11(3)15)7-8-13-5-4-6-14(18)17-13/h4-6,12,14H,1,7-9,18H2,2-3H3. The molecule has 0 aliphatic carbocycles. The highest BCUT2D eigenvalue weighted by Gasteiger charge is 2.14. The Bertz CT molecular complexity index is 371. The molecule has 3 nitrogen and oxygen atoms in total. The average Bonchev–Trinajstić information content (AvgIpc) is 2.28. The molecule has 0 aromatic rings. The van der Waals surface area contributed by atoms with E-state index in [1.807, 2.05) is 25.2 Å². The number of rotatable bonds is 6. The van der Waals surface area contributed by atoms with Gasteiger partial charge in [-0.25, -0.2) is 0 Å². The van der Waals surface area contributed by atoms with Crippen molar-refractivity contribution in [1.82, 2.24) is 0 Å². The highest BCUT2D eigenvalue weighted by molar-refractivity contribution is 7.17. The Kier molecular flexibility index (Phi) is 6.14. The lowest BCUT2D eigenvalue weighted by Crippen LogP contribution is -2.14. The second-order valence-corrected chi connectivity index (χ2v) is 5.14. The average molecular weight is 268 g/mol. The highest BCUT2D eigenvalue weighted by atomic mass is 31.0. The number of hydrogen-bond donors (Lipinski definition) is 0. The van der Waals surface area contributed by atoms with Crippen molar-refractivity contribution in [2.75, 3.05) is 6.61 Å². The number of ether oxygens (including phenoxy) is 2. The number of esters is 1. The van der Waals surface area contributed by atoms with Crippen molar-refractivity contribution in [3.63, 3.8) is 0 Å². The predicted molar refractivity (Wildman–Crippen MR) is 76.0 cm³/mol. The number of allylic oxidation sites excluding steroid dienone is 3. The molecule has 3 atom stereocenters. The van der Waals surface area contributed by atoms with Gasteiger partial charge in [0.2, 0.25) is 0 Å². The first-order valence-corrected chi connectivity index (χ1v) is 6.74. The zero-order valence-electron chi connectivity index (χ0n) is 11.0. The van der Waals surface area contributed by atoms with Crippen molar-refractivity contribution in [2.45, 2.75) is 32.5 Å². The number of carbonyl (C=O) groups is 1. The molecule has 0 fully saturated rings. The Morgan fingerprint density at radius 1 is 1.61 bits per heavy atom. The molecule has 0 aromatic heterocycles. The van der Waals surface area contributed by atoms with Gasteiger partial charge in [0.15, 0.2) is 0 Å². The topological polar surface area (TPSA) is 35.5 Å². The van der Waals surface area contributed by atoms with Crippen LogP contribution in [-0.2, 0) is 14.3 Å². The van der Waals surface area contributed by atoms with Crippen molar-refractivity contribution in [2.24, 2.45) is 5.92 Å². The molecule has 0 radical (unpaired) electrons. The van der Waals surface area contributed by atoms with E-state index in [1.165, 1.54) is 6.92 Å². The monoisotopic (exact) mass is 268 g/mol. The van der Waals surface area contributed by atoms with Crippen LogP contribution >= 0.6 is 9.24 Å². The van der Waals surface area contributed by atoms with Crippen LogP contribution in [0.3, 0.4) is 0 Å². The molecular weight excluding hydrogens is 247 g/mol. The van der Waals surface area contributed by atoms with Crippen LogP contribution < -0.4 is 0 Å². The second-order valence-electron chi connectivity index (χ2n) is 4.48. The summed E-state index contributed by atoms with van der Waals surface area (Å²) in [5.74, 6) is 0.961. The lowest BCUT2D eigenvalue weighted by atomic mass is 9.96. The van der Waals surface area contributed by atoms with Crippen LogP contribution in [-0.4, -0.2) is 18.4 Å². The Labute approximate surface area is 111 Å². The zero-order valence-corrected chi connectivity index (χ0v) is 12.2. The molecule has 0 saturated heterocycles. The van der Waals surface area contributed by atoms with Crippen molar-refractivity contribution in [3.05, 3.63) is 36.1 Å². The first-order chi connectivity index (χ1) is 8.49. The first-order valence-electron chi connectivity index (χ1n) is 6.07. The summed E-state index contributed by atoms with van der Waals surface area (Å²) in [6, 6.07) is 0. The third kappa shape index (κ3) is 5.50. The maximum atomic E-state index is 10.8. The fourth-order valence-electron chi connectivity index (χ4n) is 1.67. The van der Waals surface area contributed by atoms with E-state index in [1.54, 1.807) is 0 Å². The Morgan fingerprint density at radius 2 is 2.33 bits per heavy atom. The maximum Gasteiger partial charge on any atom is 0.302 e. The minimum Gasteiger partial charge on any atom is -0.487 e. The molecule has 18 heavy (non-hydrogen) atoms. The lowest BCUT2D eigenvalue weighted by Gasteiger charge is -2.20. The highest BCUT2D eigenvalue weighted by Crippen LogP contribution is 2.24. The van der Waals surface area contributed by atoms with E-state index >= 15 is 0 Å². The second kappa shape index (κ2) is 7.38. The quantitative estimate of drug-likeness (QED) is 0.421. The van der Waals surface area contributed by atoms with E-state index in [0.29, 0.717) is 6.61 Å². The summed E-state index contributed by atoms with van der Waals surface area (Å²) in [5.41, 5.74) is 1.03. The van der Waals surface area contributed by atoms with Gasteiger partial charge in [-0.1, -0.05) is 27.5 Å². The van der Waals surface area contributed by atoms with Crippen molar-refractivity contribution < 1.29 is 14.3 Å². The van der Waals surface area contributed by atoms with Crippen molar-refractivity contribution >= 4 is 15.2 Å². The molecule has 1 aliphatic heterocycles. The van der Waals surface area contributed by atoms with E-state index in [2.05, 4.69) is 15.8 Å². The molecule has 100 valence electrons. The SMILES string of the molecule is C=C(C)C(CCC1=CC=CC(P)O1)COC(C)=O. The number of hydrogen-bond acceptors (Lipinski definition) is 3. The summed E-state index contributed by atoms with van der Waals surface area (Å²) in [4.78, 5) is 10.8. The molecule has 1 aliphatic rings. The molecule has 0 spiro atoms. The zero-order chi connectivity index (χ0) is 13.5. The van der Waals surface area contributed by atoms with Crippen LogP contribution in [0, 0.1) is 5.92 Å². The van der Waals surface area contributed by atoms with Gasteiger partial charge in [0.1, 0.15) is 5.85 Å². The van der Waals surface area contributed by atoms with Crippen LogP contribution in [0.2, 0.25) is 0 Å². The number of carbonyl (C=O) groups excluding carboxylic acids is 1. The molecule has 0 amide bonds. The van der Waals surface area contributed by atoms with E-state index in [9.17, 15) is 4.79 Å². The van der Waals surface area contributed by atoms with Gasteiger partial charge in [0.25, 0.3) is 0 Å². The first kappa shape index (κ1) is 15.0. The van der Waals surface area contributed by atoms with E-state index in [0.717, 1.165) is 24.2 Å². The fourth-order valence-corrected chi connectivity index (χ4v) is 1.98. The Morgan fingerprint density at radius 3 is 2.89 bits per heavy atom. The summed E-state index contributed by atoms with van der Waals surface area (Å²) < 4.78 is 10.7. The van der Waals surface area contributed by atoms with E-state index in [4.69, 9.17) is 9.47 Å². The molecule has 3 unspecified atom stereocenters. The summed E-state index contributed by atoms with van der Waals surface area (Å²) in [6.45, 7) is 7.73. The third-order valence-electron chi connectivity index (χ3n) is 2.79. The van der Waals surface area contributed by atoms with Crippen LogP contribution in [0.1, 0.15) is 26.7 Å². The molecule has 0 aromatic carbocycles. The molecule has 0 saturated carbocycles. The van der Waals surface area contributed by atoms with Crippen LogP contribution in [0.15, 0.2) is 36.1 Å². The van der Waals surface area contributed by atoms with Crippen molar-refractivity contribution in [1.29, 1.82) is 0 Å². The maximum absolute atomic E-state index is 10.8. The van der Waals surface area contributed by atoms with Gasteiger partial charge in [-0.15, -0.1) is 0 Å². The fraction of sp³-hybridized carbons (Fsp3) is 0.500. The summed E-state index contributed by atoms with van der Waals surface area (Å²) in [6.07, 6.45) is 7.65. The Hall–Kier alpha value is -1.08. The molecule has 0 bridgehead atoms. The summed E-state index contributed by atoms with van der Waals surface area (Å²) >= 11 is 0. The summed E-state index contributed by atoms with van der Waals surface area (Å²) in [7, 11) is 2.62. The van der Waals surface area contributed by atoms with Crippen LogP contribution in [0.5, 0.6) is 0 Å². The molecule has 1 rings (SSSR count). The lowest BCUT2D eigenvalue weighted by molar-refractivity contribution is -0.142. The molecule has 0 N–H and O–H groups in total. The Balaban J connectivity index is 2.42. The van der Waals surface area contributed by atoms with Gasteiger partial charge in [-0.3, -0.25) is 4.79 Å². The third-order valence-corrected chi connectivity index (χ3v) is 3.15. The van der Waals surface area contributed by atoms with Crippen LogP contribution in [0.4, 0.5) is 0 Å². The smallest absolute Gasteiger partial charge is 0.302 e. The van der Waals surface area contributed by atoms with E-state index < -0.39 is 0 Å². The van der Waals surface area contributed by atoms with Crippen molar-refractivity contribution in [3.8, 4) is 0 Å². The van der Waals surface area contributed by atoms with Gasteiger partial charge in [0.05, 0.1) is 12.4 Å². The molecule has 4 heteroatoms. The molecular formula is C14H21O3P. The minimum atomic E-state index is -0.248. The van der Waals surface area contributed by atoms with Gasteiger partial charge in [-0.05, 0) is 25.5 Å². The van der Waals surface area contributed by atoms with Crippen LogP contribution in [0.25, 0.3) is 0 Å². The van der Waals surface area contributed by atoms with Gasteiger partial charge in [-0.2, -0.15) is 0 Å². The molecule has 1 heterocycles. The predicted octanol–water partition coefficient (Wildman–Crippen LogP) is 3.19. The minimum absolute atomic E-state index is 0.0572.